The zero-order valence-electron chi connectivity index (χ0n) is 8.72. The molecule has 1 amide bonds. The zero-order chi connectivity index (χ0) is 10.8. The minimum Gasteiger partial charge on any atom is -0.364 e. The second-order valence-corrected chi connectivity index (χ2v) is 4.04. The van der Waals surface area contributed by atoms with Crippen molar-refractivity contribution in [3.05, 3.63) is 18.0 Å². The van der Waals surface area contributed by atoms with Crippen LogP contribution in [0.15, 0.2) is 16.9 Å². The summed E-state index contributed by atoms with van der Waals surface area (Å²) in [6.45, 7) is 3.47. The second kappa shape index (κ2) is 4.02. The van der Waals surface area contributed by atoms with Crippen LogP contribution in [0, 0.1) is 5.92 Å². The lowest BCUT2D eigenvalue weighted by Gasteiger charge is -2.16. The van der Waals surface area contributed by atoms with E-state index >= 15 is 0 Å². The van der Waals surface area contributed by atoms with Gasteiger partial charge in [0.25, 0.3) is 5.91 Å². The van der Waals surface area contributed by atoms with Crippen molar-refractivity contribution < 1.29 is 9.32 Å². The van der Waals surface area contributed by atoms with Crippen molar-refractivity contribution >= 4 is 5.91 Å². The first-order valence-electron chi connectivity index (χ1n) is 5.13. The fourth-order valence-corrected chi connectivity index (χ4v) is 1.89. The van der Waals surface area contributed by atoms with Crippen LogP contribution in [0.3, 0.4) is 0 Å². The number of nitrogens with zero attached hydrogens (tertiary/aromatic N) is 2. The van der Waals surface area contributed by atoms with E-state index < -0.39 is 0 Å². The normalized spacial score (nSPS) is 23.1. The minimum absolute atomic E-state index is 0.0631. The standard InChI is InChI=1S/C10H15N3O2/c1-7(11)8-2-4-13(6-8)10(14)9-3-5-15-12-9/h3,5,7-8H,2,4,6,11H2,1H3. The zero-order valence-corrected chi connectivity index (χ0v) is 8.72. The van der Waals surface area contributed by atoms with Crippen LogP contribution in [0.1, 0.15) is 23.8 Å². The molecule has 1 aromatic heterocycles. The van der Waals surface area contributed by atoms with Crippen LogP contribution in [0.4, 0.5) is 0 Å². The number of nitrogens with two attached hydrogens (primary N) is 1. The van der Waals surface area contributed by atoms with Gasteiger partial charge < -0.3 is 15.2 Å². The molecule has 2 unspecified atom stereocenters. The maximum absolute atomic E-state index is 11.8. The van der Waals surface area contributed by atoms with Gasteiger partial charge in [-0.2, -0.15) is 0 Å². The molecule has 82 valence electrons. The van der Waals surface area contributed by atoms with E-state index in [9.17, 15) is 4.79 Å². The lowest BCUT2D eigenvalue weighted by Crippen LogP contribution is -2.33. The van der Waals surface area contributed by atoms with Crippen LogP contribution < -0.4 is 5.73 Å². The molecule has 2 rings (SSSR count). The lowest BCUT2D eigenvalue weighted by molar-refractivity contribution is 0.0775. The summed E-state index contributed by atoms with van der Waals surface area (Å²) in [5.41, 5.74) is 6.18. The largest absolute Gasteiger partial charge is 0.364 e. The van der Waals surface area contributed by atoms with E-state index in [-0.39, 0.29) is 11.9 Å². The molecule has 0 radical (unpaired) electrons. The molecule has 2 atom stereocenters. The number of hydrogen-bond acceptors (Lipinski definition) is 4. The maximum atomic E-state index is 11.8. The molecule has 1 aliphatic heterocycles. The SMILES string of the molecule is CC(N)C1CCN(C(=O)c2ccon2)C1. The van der Waals surface area contributed by atoms with Gasteiger partial charge in [-0.25, -0.2) is 0 Å². The molecule has 0 aliphatic carbocycles. The van der Waals surface area contributed by atoms with E-state index in [4.69, 9.17) is 5.73 Å². The highest BCUT2D eigenvalue weighted by atomic mass is 16.5. The van der Waals surface area contributed by atoms with Gasteiger partial charge in [0, 0.05) is 25.2 Å². The van der Waals surface area contributed by atoms with Gasteiger partial charge in [0.1, 0.15) is 6.26 Å². The summed E-state index contributed by atoms with van der Waals surface area (Å²) in [5.74, 6) is 0.341. The molecule has 0 bridgehead atoms. The third kappa shape index (κ3) is 2.02. The number of carbonyl (C=O) groups excluding carboxylic acids is 1. The molecule has 2 N–H and O–H groups in total. The highest BCUT2D eigenvalue weighted by Crippen LogP contribution is 2.20. The maximum Gasteiger partial charge on any atom is 0.276 e. The Morgan fingerprint density at radius 1 is 1.80 bits per heavy atom. The molecule has 1 saturated heterocycles. The molecule has 15 heavy (non-hydrogen) atoms. The Morgan fingerprint density at radius 2 is 2.60 bits per heavy atom. The molecule has 1 aromatic rings. The quantitative estimate of drug-likeness (QED) is 0.769. The van der Waals surface area contributed by atoms with Gasteiger partial charge in [-0.3, -0.25) is 4.79 Å². The summed E-state index contributed by atoms with van der Waals surface area (Å²) in [7, 11) is 0. The van der Waals surface area contributed by atoms with Gasteiger partial charge in [-0.1, -0.05) is 5.16 Å². The number of aromatic nitrogens is 1. The Balaban J connectivity index is 1.99. The summed E-state index contributed by atoms with van der Waals surface area (Å²) in [5, 5.41) is 3.63. The molecule has 0 spiro atoms. The van der Waals surface area contributed by atoms with Crippen molar-refractivity contribution in [2.75, 3.05) is 13.1 Å². The predicted molar refractivity (Wildman–Crippen MR) is 54.2 cm³/mol. The fourth-order valence-electron chi connectivity index (χ4n) is 1.89. The Morgan fingerprint density at radius 3 is 3.13 bits per heavy atom. The van der Waals surface area contributed by atoms with Crippen LogP contribution in [0.25, 0.3) is 0 Å². The molecule has 5 heteroatoms. The van der Waals surface area contributed by atoms with Crippen LogP contribution in [-0.2, 0) is 0 Å². The molecule has 1 fully saturated rings. The van der Waals surface area contributed by atoms with Crippen molar-refractivity contribution in [1.29, 1.82) is 0 Å². The van der Waals surface area contributed by atoms with Crippen molar-refractivity contribution in [1.82, 2.24) is 10.1 Å². The average molecular weight is 209 g/mol. The summed E-state index contributed by atoms with van der Waals surface area (Å²) in [6, 6.07) is 1.72. The van der Waals surface area contributed by atoms with Crippen molar-refractivity contribution in [2.45, 2.75) is 19.4 Å². The Hall–Kier alpha value is -1.36. The van der Waals surface area contributed by atoms with Gasteiger partial charge in [0.15, 0.2) is 5.69 Å². The highest BCUT2D eigenvalue weighted by Gasteiger charge is 2.29. The predicted octanol–water partition coefficient (Wildman–Crippen LogP) is 0.484. The van der Waals surface area contributed by atoms with Gasteiger partial charge in [-0.05, 0) is 19.3 Å². The topological polar surface area (TPSA) is 72.4 Å². The summed E-state index contributed by atoms with van der Waals surface area (Å²) < 4.78 is 4.65. The van der Waals surface area contributed by atoms with E-state index in [1.165, 1.54) is 6.26 Å². The van der Waals surface area contributed by atoms with Crippen LogP contribution in [0.2, 0.25) is 0 Å². The molecule has 1 aliphatic rings. The molecule has 0 saturated carbocycles. The Labute approximate surface area is 88.2 Å². The van der Waals surface area contributed by atoms with Crippen molar-refractivity contribution in [2.24, 2.45) is 11.7 Å². The van der Waals surface area contributed by atoms with Gasteiger partial charge in [0.05, 0.1) is 0 Å². The van der Waals surface area contributed by atoms with Crippen LogP contribution >= 0.6 is 0 Å². The molecular weight excluding hydrogens is 194 g/mol. The first-order chi connectivity index (χ1) is 7.18. The highest BCUT2D eigenvalue weighted by molar-refractivity contribution is 5.92. The molecule has 2 heterocycles. The van der Waals surface area contributed by atoms with E-state index in [0.717, 1.165) is 19.5 Å². The van der Waals surface area contributed by atoms with Crippen molar-refractivity contribution in [3.8, 4) is 0 Å². The van der Waals surface area contributed by atoms with E-state index in [0.29, 0.717) is 11.6 Å². The summed E-state index contributed by atoms with van der Waals surface area (Å²) in [6.07, 6.45) is 2.38. The minimum atomic E-state index is -0.0631. The first-order valence-corrected chi connectivity index (χ1v) is 5.13. The number of likely N-dealkylation sites (tertiary alicyclic amines) is 1. The van der Waals surface area contributed by atoms with Gasteiger partial charge in [-0.15, -0.1) is 0 Å². The molecule has 0 aromatic carbocycles. The number of carbonyl (C=O) groups is 1. The number of hydrogen-bond donors (Lipinski definition) is 1. The summed E-state index contributed by atoms with van der Waals surface area (Å²) >= 11 is 0. The first kappa shape index (κ1) is 10.2. The van der Waals surface area contributed by atoms with Crippen LogP contribution in [0.5, 0.6) is 0 Å². The third-order valence-corrected chi connectivity index (χ3v) is 2.91. The van der Waals surface area contributed by atoms with E-state index in [1.807, 2.05) is 6.92 Å². The second-order valence-electron chi connectivity index (χ2n) is 4.04. The van der Waals surface area contributed by atoms with E-state index in [2.05, 4.69) is 9.68 Å². The third-order valence-electron chi connectivity index (χ3n) is 2.91. The van der Waals surface area contributed by atoms with Gasteiger partial charge >= 0.3 is 0 Å². The lowest BCUT2D eigenvalue weighted by atomic mass is 10.0. The monoisotopic (exact) mass is 209 g/mol. The van der Waals surface area contributed by atoms with E-state index in [1.54, 1.807) is 11.0 Å². The Bertz CT molecular complexity index is 334. The average Bonchev–Trinajstić information content (AvgIpc) is 2.88. The number of amides is 1. The van der Waals surface area contributed by atoms with Crippen LogP contribution in [-0.4, -0.2) is 35.1 Å². The summed E-state index contributed by atoms with van der Waals surface area (Å²) in [4.78, 5) is 13.6. The number of rotatable bonds is 2. The van der Waals surface area contributed by atoms with Crippen molar-refractivity contribution in [3.63, 3.8) is 0 Å². The Kier molecular flexibility index (Phi) is 2.73. The molecule has 5 nitrogen and oxygen atoms in total. The van der Waals surface area contributed by atoms with Gasteiger partial charge in [0.2, 0.25) is 0 Å². The molecular formula is C10H15N3O2. The fraction of sp³-hybridized carbons (Fsp3) is 0.600. The smallest absolute Gasteiger partial charge is 0.276 e.